The van der Waals surface area contributed by atoms with Crippen molar-refractivity contribution in [1.29, 1.82) is 5.26 Å². The van der Waals surface area contributed by atoms with Gasteiger partial charge in [-0.1, -0.05) is 26.5 Å². The van der Waals surface area contributed by atoms with Crippen LogP contribution in [0.1, 0.15) is 67.8 Å². The van der Waals surface area contributed by atoms with Crippen LogP contribution in [0.5, 0.6) is 0 Å². The number of ether oxygens (including phenoxy) is 1. The summed E-state index contributed by atoms with van der Waals surface area (Å²) in [6.45, 7) is 12.8. The molecule has 8 nitrogen and oxygen atoms in total. The summed E-state index contributed by atoms with van der Waals surface area (Å²) in [5, 5.41) is 18.8. The Balaban J connectivity index is 1.49. The normalized spacial score (nSPS) is 21.8. The van der Waals surface area contributed by atoms with E-state index in [0.717, 1.165) is 59.8 Å². The Morgan fingerprint density at radius 1 is 1.33 bits per heavy atom. The van der Waals surface area contributed by atoms with Crippen molar-refractivity contribution in [3.8, 4) is 17.3 Å². The number of hydrogen-bond donors (Lipinski definition) is 0. The number of aromatic nitrogens is 3. The van der Waals surface area contributed by atoms with Gasteiger partial charge in [-0.15, -0.1) is 0 Å². The van der Waals surface area contributed by atoms with Gasteiger partial charge in [0.25, 0.3) is 0 Å². The van der Waals surface area contributed by atoms with Gasteiger partial charge < -0.3 is 14.5 Å². The number of piperazine rings is 1. The fraction of sp³-hybridized carbons (Fsp3) is 0.536. The summed E-state index contributed by atoms with van der Waals surface area (Å²) in [5.74, 6) is 1.54. The van der Waals surface area contributed by atoms with E-state index in [1.807, 2.05) is 17.9 Å². The Morgan fingerprint density at radius 2 is 2.11 bits per heavy atom. The summed E-state index contributed by atoms with van der Waals surface area (Å²) in [4.78, 5) is 22.5. The van der Waals surface area contributed by atoms with Gasteiger partial charge in [0.2, 0.25) is 5.91 Å². The highest BCUT2D eigenvalue weighted by molar-refractivity contribution is 5.78. The number of amides is 1. The highest BCUT2D eigenvalue weighted by atomic mass is 16.5. The molecule has 3 aliphatic rings. The van der Waals surface area contributed by atoms with Gasteiger partial charge in [0, 0.05) is 37.7 Å². The summed E-state index contributed by atoms with van der Waals surface area (Å²) in [5.41, 5.74) is 5.00. The SMILES string of the molecule is C=Cc1cnnc(-c2c(C3CC3)nc(N3CCN(C(=O)C[C@H]4CCO4)[C@H](C(C)C)C3)c(C#N)c2C)c1. The van der Waals surface area contributed by atoms with Crippen molar-refractivity contribution in [3.05, 3.63) is 41.2 Å². The summed E-state index contributed by atoms with van der Waals surface area (Å²) < 4.78 is 5.51. The summed E-state index contributed by atoms with van der Waals surface area (Å²) in [6.07, 6.45) is 7.08. The predicted octanol–water partition coefficient (Wildman–Crippen LogP) is 4.09. The lowest BCUT2D eigenvalue weighted by Crippen LogP contribution is -2.58. The second-order valence-electron chi connectivity index (χ2n) is 10.5. The van der Waals surface area contributed by atoms with E-state index in [1.165, 1.54) is 0 Å². The van der Waals surface area contributed by atoms with Crippen LogP contribution in [-0.4, -0.2) is 64.4 Å². The zero-order chi connectivity index (χ0) is 25.4. The number of nitrogens with zero attached hydrogens (tertiary/aromatic N) is 6. The number of carbonyl (C=O) groups excluding carboxylic acids is 1. The third-order valence-corrected chi connectivity index (χ3v) is 7.70. The highest BCUT2D eigenvalue weighted by Crippen LogP contribution is 2.46. The molecule has 0 aromatic carbocycles. The first-order valence-corrected chi connectivity index (χ1v) is 13.0. The van der Waals surface area contributed by atoms with Crippen LogP contribution in [-0.2, 0) is 9.53 Å². The minimum Gasteiger partial charge on any atom is -0.377 e. The topological polar surface area (TPSA) is 95.2 Å². The lowest BCUT2D eigenvalue weighted by molar-refractivity contribution is -0.142. The molecular formula is C28H34N6O2. The molecule has 2 saturated heterocycles. The average molecular weight is 487 g/mol. The Morgan fingerprint density at radius 3 is 2.72 bits per heavy atom. The molecule has 5 rings (SSSR count). The minimum atomic E-state index is 0.0548. The molecule has 0 unspecified atom stereocenters. The smallest absolute Gasteiger partial charge is 0.225 e. The number of pyridine rings is 1. The van der Waals surface area contributed by atoms with E-state index in [2.05, 4.69) is 41.6 Å². The molecule has 1 saturated carbocycles. The van der Waals surface area contributed by atoms with Crippen molar-refractivity contribution in [2.24, 2.45) is 5.92 Å². The van der Waals surface area contributed by atoms with E-state index >= 15 is 0 Å². The van der Waals surface area contributed by atoms with Crippen molar-refractivity contribution in [1.82, 2.24) is 20.1 Å². The second-order valence-corrected chi connectivity index (χ2v) is 10.5. The van der Waals surface area contributed by atoms with Gasteiger partial charge >= 0.3 is 0 Å². The highest BCUT2D eigenvalue weighted by Gasteiger charge is 2.37. The lowest BCUT2D eigenvalue weighted by Gasteiger charge is -2.45. The molecule has 3 fully saturated rings. The molecule has 1 amide bonds. The standard InChI is InChI=1S/C28H34N6O2/c1-5-19-12-23(32-30-15-19)26-18(4)22(14-29)28(31-27(26)20-6-7-20)33-9-10-34(24(16-33)17(2)3)25(35)13-21-8-11-36-21/h5,12,15,17,20-21,24H,1,6-11,13,16H2,2-4H3/t21-,24+/m1/s1. The Labute approximate surface area is 213 Å². The van der Waals surface area contributed by atoms with Crippen LogP contribution in [0.2, 0.25) is 0 Å². The maximum atomic E-state index is 13.1. The molecule has 2 atom stereocenters. The Hall–Kier alpha value is -3.31. The third-order valence-electron chi connectivity index (χ3n) is 7.70. The molecule has 0 N–H and O–H groups in total. The van der Waals surface area contributed by atoms with Crippen molar-refractivity contribution < 1.29 is 9.53 Å². The van der Waals surface area contributed by atoms with E-state index in [9.17, 15) is 10.1 Å². The van der Waals surface area contributed by atoms with Gasteiger partial charge in [-0.2, -0.15) is 15.5 Å². The first kappa shape index (κ1) is 24.4. The summed E-state index contributed by atoms with van der Waals surface area (Å²) >= 11 is 0. The van der Waals surface area contributed by atoms with Gasteiger partial charge in [0.15, 0.2) is 0 Å². The van der Waals surface area contributed by atoms with Crippen LogP contribution in [0, 0.1) is 24.2 Å². The first-order chi connectivity index (χ1) is 17.4. The maximum Gasteiger partial charge on any atom is 0.225 e. The fourth-order valence-corrected chi connectivity index (χ4v) is 5.30. The molecule has 0 radical (unpaired) electrons. The quantitative estimate of drug-likeness (QED) is 0.582. The average Bonchev–Trinajstić information content (AvgIpc) is 3.70. The number of nitriles is 1. The lowest BCUT2D eigenvalue weighted by atomic mass is 9.94. The molecule has 1 aliphatic carbocycles. The summed E-state index contributed by atoms with van der Waals surface area (Å²) in [6, 6.07) is 4.45. The van der Waals surface area contributed by atoms with Crippen LogP contribution in [0.3, 0.4) is 0 Å². The Kier molecular flexibility index (Phi) is 6.76. The van der Waals surface area contributed by atoms with Crippen molar-refractivity contribution in [2.75, 3.05) is 31.1 Å². The molecule has 2 aromatic heterocycles. The zero-order valence-electron chi connectivity index (χ0n) is 21.4. The molecule has 4 heterocycles. The van der Waals surface area contributed by atoms with Crippen LogP contribution >= 0.6 is 0 Å². The second kappa shape index (κ2) is 9.98. The largest absolute Gasteiger partial charge is 0.377 e. The Bertz CT molecular complexity index is 1210. The van der Waals surface area contributed by atoms with Gasteiger partial charge in [-0.05, 0) is 49.3 Å². The zero-order valence-corrected chi connectivity index (χ0v) is 21.4. The van der Waals surface area contributed by atoms with E-state index in [-0.39, 0.29) is 24.0 Å². The summed E-state index contributed by atoms with van der Waals surface area (Å²) in [7, 11) is 0. The van der Waals surface area contributed by atoms with Crippen LogP contribution in [0.15, 0.2) is 18.8 Å². The van der Waals surface area contributed by atoms with E-state index < -0.39 is 0 Å². The minimum absolute atomic E-state index is 0.0548. The molecular weight excluding hydrogens is 452 g/mol. The fourth-order valence-electron chi connectivity index (χ4n) is 5.30. The number of rotatable bonds is 7. The van der Waals surface area contributed by atoms with Gasteiger partial charge in [0.05, 0.1) is 41.7 Å². The van der Waals surface area contributed by atoms with E-state index in [0.29, 0.717) is 37.5 Å². The van der Waals surface area contributed by atoms with Crippen LogP contribution < -0.4 is 4.90 Å². The van der Waals surface area contributed by atoms with Crippen molar-refractivity contribution in [2.45, 2.75) is 64.5 Å². The van der Waals surface area contributed by atoms with Gasteiger partial charge in [0.1, 0.15) is 11.9 Å². The maximum absolute atomic E-state index is 13.1. The van der Waals surface area contributed by atoms with Crippen molar-refractivity contribution >= 4 is 17.8 Å². The van der Waals surface area contributed by atoms with Gasteiger partial charge in [-0.3, -0.25) is 4.79 Å². The predicted molar refractivity (Wildman–Crippen MR) is 138 cm³/mol. The van der Waals surface area contributed by atoms with Gasteiger partial charge in [-0.25, -0.2) is 4.98 Å². The van der Waals surface area contributed by atoms with Crippen LogP contribution in [0.25, 0.3) is 17.3 Å². The molecule has 0 spiro atoms. The molecule has 0 bridgehead atoms. The van der Waals surface area contributed by atoms with E-state index in [1.54, 1.807) is 12.3 Å². The number of anilines is 1. The third kappa shape index (κ3) is 4.60. The van der Waals surface area contributed by atoms with Crippen molar-refractivity contribution in [3.63, 3.8) is 0 Å². The van der Waals surface area contributed by atoms with E-state index in [4.69, 9.17) is 9.72 Å². The monoisotopic (exact) mass is 486 g/mol. The molecule has 2 aromatic rings. The van der Waals surface area contributed by atoms with Crippen LogP contribution in [0.4, 0.5) is 5.82 Å². The molecule has 36 heavy (non-hydrogen) atoms. The number of carbonyl (C=O) groups is 1. The molecule has 188 valence electrons. The molecule has 2 aliphatic heterocycles. The first-order valence-electron chi connectivity index (χ1n) is 13.0. The molecule has 8 heteroatoms. The number of hydrogen-bond acceptors (Lipinski definition) is 7.